The molecule has 6 nitrogen and oxygen atoms in total. The van der Waals surface area contributed by atoms with E-state index in [1.54, 1.807) is 0 Å². The smallest absolute Gasteiger partial charge is 0.317 e. The Morgan fingerprint density at radius 3 is 3.12 bits per heavy atom. The minimum Gasteiger partial charge on any atom is -0.378 e. The van der Waals surface area contributed by atoms with Crippen molar-refractivity contribution in [2.24, 2.45) is 0 Å². The van der Waals surface area contributed by atoms with E-state index in [0.717, 1.165) is 24.1 Å². The van der Waals surface area contributed by atoms with E-state index < -0.39 is 0 Å². The van der Waals surface area contributed by atoms with Crippen LogP contribution in [0.1, 0.15) is 19.0 Å². The third-order valence-electron chi connectivity index (χ3n) is 5.02. The molecule has 3 heterocycles. The number of benzene rings is 1. The third kappa shape index (κ3) is 3.50. The van der Waals surface area contributed by atoms with Crippen LogP contribution in [0, 0.1) is 0 Å². The van der Waals surface area contributed by atoms with Gasteiger partial charge in [0.1, 0.15) is 5.60 Å². The number of urea groups is 1. The molecule has 0 aliphatic carbocycles. The summed E-state index contributed by atoms with van der Waals surface area (Å²) < 4.78 is 11.6. The number of aromatic amines is 1. The topological polar surface area (TPSA) is 66.6 Å². The molecule has 2 saturated heterocycles. The molecule has 25 heavy (non-hydrogen) atoms. The van der Waals surface area contributed by atoms with Crippen LogP contribution in [0.2, 0.25) is 0 Å². The minimum absolute atomic E-state index is 0.0162. The zero-order chi connectivity index (χ0) is 17.3. The number of H-pyrrole nitrogens is 1. The van der Waals surface area contributed by atoms with Crippen LogP contribution in [-0.4, -0.2) is 60.5 Å². The first-order valence-electron chi connectivity index (χ1n) is 8.99. The van der Waals surface area contributed by atoms with E-state index in [0.29, 0.717) is 32.8 Å². The van der Waals surface area contributed by atoms with Crippen molar-refractivity contribution in [2.75, 3.05) is 32.8 Å². The normalized spacial score (nSPS) is 26.4. The molecule has 6 heteroatoms. The Kier molecular flexibility index (Phi) is 4.39. The SMILES string of the molecule is C[C@@H]1CN(C(=O)NCCc2cc3ccccc3[nH]2)C[C@]2(CCOC2)O1. The predicted octanol–water partition coefficient (Wildman–Crippen LogP) is 2.30. The maximum absolute atomic E-state index is 12.6. The Hall–Kier alpha value is -2.05. The second kappa shape index (κ2) is 6.69. The lowest BCUT2D eigenvalue weighted by molar-refractivity contribution is -0.137. The highest BCUT2D eigenvalue weighted by atomic mass is 16.6. The highest BCUT2D eigenvalue weighted by Gasteiger charge is 2.43. The monoisotopic (exact) mass is 343 g/mol. The van der Waals surface area contributed by atoms with Crippen molar-refractivity contribution in [3.63, 3.8) is 0 Å². The molecular weight excluding hydrogens is 318 g/mol. The first kappa shape index (κ1) is 16.4. The summed E-state index contributed by atoms with van der Waals surface area (Å²) in [5.74, 6) is 0. The number of hydrogen-bond acceptors (Lipinski definition) is 3. The van der Waals surface area contributed by atoms with Crippen molar-refractivity contribution < 1.29 is 14.3 Å². The number of hydrogen-bond donors (Lipinski definition) is 2. The predicted molar refractivity (Wildman–Crippen MR) is 95.7 cm³/mol. The van der Waals surface area contributed by atoms with Crippen LogP contribution in [0.5, 0.6) is 0 Å². The van der Waals surface area contributed by atoms with Crippen LogP contribution in [0.3, 0.4) is 0 Å². The second-order valence-electron chi connectivity index (χ2n) is 7.16. The number of fused-ring (bicyclic) bond motifs is 1. The molecule has 4 rings (SSSR count). The quantitative estimate of drug-likeness (QED) is 0.899. The summed E-state index contributed by atoms with van der Waals surface area (Å²) in [5, 5.41) is 4.25. The van der Waals surface area contributed by atoms with Crippen LogP contribution >= 0.6 is 0 Å². The molecule has 1 aromatic carbocycles. The van der Waals surface area contributed by atoms with Gasteiger partial charge in [0.15, 0.2) is 0 Å². The lowest BCUT2D eigenvalue weighted by Gasteiger charge is -2.42. The van der Waals surface area contributed by atoms with Gasteiger partial charge in [-0.05, 0) is 24.4 Å². The van der Waals surface area contributed by atoms with Gasteiger partial charge in [0.25, 0.3) is 0 Å². The molecule has 1 spiro atoms. The number of carbonyl (C=O) groups excluding carboxylic acids is 1. The van der Waals surface area contributed by atoms with Gasteiger partial charge in [-0.25, -0.2) is 4.79 Å². The zero-order valence-corrected chi connectivity index (χ0v) is 14.6. The molecule has 2 aliphatic heterocycles. The summed E-state index contributed by atoms with van der Waals surface area (Å²) in [6.45, 7) is 5.15. The first-order chi connectivity index (χ1) is 12.1. The van der Waals surface area contributed by atoms with Crippen molar-refractivity contribution in [2.45, 2.75) is 31.5 Å². The molecule has 134 valence electrons. The van der Waals surface area contributed by atoms with Gasteiger partial charge in [-0.15, -0.1) is 0 Å². The molecule has 0 saturated carbocycles. The lowest BCUT2D eigenvalue weighted by Crippen LogP contribution is -2.59. The van der Waals surface area contributed by atoms with Crippen LogP contribution in [0.15, 0.2) is 30.3 Å². The summed E-state index contributed by atoms with van der Waals surface area (Å²) in [7, 11) is 0. The Bertz CT molecular complexity index is 718. The second-order valence-corrected chi connectivity index (χ2v) is 7.16. The summed E-state index contributed by atoms with van der Waals surface area (Å²) in [4.78, 5) is 17.8. The summed E-state index contributed by atoms with van der Waals surface area (Å²) in [6, 6.07) is 10.3. The van der Waals surface area contributed by atoms with Crippen molar-refractivity contribution in [1.82, 2.24) is 15.2 Å². The van der Waals surface area contributed by atoms with Gasteiger partial charge >= 0.3 is 6.03 Å². The Labute approximate surface area is 147 Å². The number of carbonyl (C=O) groups is 1. The number of morpholine rings is 1. The van der Waals surface area contributed by atoms with E-state index in [-0.39, 0.29) is 17.7 Å². The Morgan fingerprint density at radius 2 is 2.32 bits per heavy atom. The van der Waals surface area contributed by atoms with Gasteiger partial charge in [0, 0.05) is 43.7 Å². The summed E-state index contributed by atoms with van der Waals surface area (Å²) >= 11 is 0. The van der Waals surface area contributed by atoms with Gasteiger partial charge in [-0.2, -0.15) is 0 Å². The molecular formula is C19H25N3O3. The third-order valence-corrected chi connectivity index (χ3v) is 5.02. The van der Waals surface area contributed by atoms with Gasteiger partial charge in [-0.1, -0.05) is 18.2 Å². The van der Waals surface area contributed by atoms with E-state index in [1.165, 1.54) is 5.39 Å². The molecule has 2 amide bonds. The number of amides is 2. The Morgan fingerprint density at radius 1 is 1.44 bits per heavy atom. The number of nitrogens with zero attached hydrogens (tertiary/aromatic N) is 1. The average molecular weight is 343 g/mol. The van der Waals surface area contributed by atoms with Crippen LogP contribution in [0.4, 0.5) is 4.79 Å². The largest absolute Gasteiger partial charge is 0.378 e. The Balaban J connectivity index is 1.32. The summed E-state index contributed by atoms with van der Waals surface area (Å²) in [5.41, 5.74) is 1.96. The van der Waals surface area contributed by atoms with E-state index in [9.17, 15) is 4.79 Å². The molecule has 0 bridgehead atoms. The molecule has 2 fully saturated rings. The van der Waals surface area contributed by atoms with Gasteiger partial charge < -0.3 is 24.7 Å². The van der Waals surface area contributed by atoms with Crippen molar-refractivity contribution in [3.05, 3.63) is 36.0 Å². The van der Waals surface area contributed by atoms with Crippen molar-refractivity contribution in [3.8, 4) is 0 Å². The highest BCUT2D eigenvalue weighted by Crippen LogP contribution is 2.29. The molecule has 2 aliphatic rings. The van der Waals surface area contributed by atoms with Crippen molar-refractivity contribution >= 4 is 16.9 Å². The van der Waals surface area contributed by atoms with E-state index in [4.69, 9.17) is 9.47 Å². The number of para-hydroxylation sites is 1. The number of rotatable bonds is 3. The maximum Gasteiger partial charge on any atom is 0.317 e. The molecule has 2 aromatic rings. The van der Waals surface area contributed by atoms with Gasteiger partial charge in [0.05, 0.1) is 19.3 Å². The fourth-order valence-corrected chi connectivity index (χ4v) is 3.87. The fourth-order valence-electron chi connectivity index (χ4n) is 3.87. The standard InChI is InChI=1S/C19H25N3O3/c1-14-11-22(12-19(25-14)7-9-24-13-19)18(23)20-8-6-16-10-15-4-2-3-5-17(15)21-16/h2-5,10,14,21H,6-9,11-13H2,1H3,(H,20,23)/t14-,19+/m1/s1. The first-order valence-corrected chi connectivity index (χ1v) is 8.99. The lowest BCUT2D eigenvalue weighted by atomic mass is 9.99. The number of aromatic nitrogens is 1. The number of ether oxygens (including phenoxy) is 2. The van der Waals surface area contributed by atoms with E-state index >= 15 is 0 Å². The highest BCUT2D eigenvalue weighted by molar-refractivity contribution is 5.80. The molecule has 0 radical (unpaired) electrons. The molecule has 2 N–H and O–H groups in total. The fraction of sp³-hybridized carbons (Fsp3) is 0.526. The summed E-state index contributed by atoms with van der Waals surface area (Å²) in [6.07, 6.45) is 1.68. The van der Waals surface area contributed by atoms with E-state index in [1.807, 2.05) is 24.0 Å². The molecule has 0 unspecified atom stereocenters. The van der Waals surface area contributed by atoms with Crippen LogP contribution < -0.4 is 5.32 Å². The minimum atomic E-state index is -0.313. The zero-order valence-electron chi connectivity index (χ0n) is 14.6. The van der Waals surface area contributed by atoms with Crippen LogP contribution in [0.25, 0.3) is 10.9 Å². The molecule has 2 atom stereocenters. The van der Waals surface area contributed by atoms with E-state index in [2.05, 4.69) is 28.5 Å². The molecule has 1 aromatic heterocycles. The van der Waals surface area contributed by atoms with Gasteiger partial charge in [-0.3, -0.25) is 0 Å². The van der Waals surface area contributed by atoms with Crippen LogP contribution in [-0.2, 0) is 15.9 Å². The average Bonchev–Trinajstić information content (AvgIpc) is 3.20. The van der Waals surface area contributed by atoms with Gasteiger partial charge in [0.2, 0.25) is 0 Å². The number of nitrogens with one attached hydrogen (secondary N) is 2. The van der Waals surface area contributed by atoms with Crippen molar-refractivity contribution in [1.29, 1.82) is 0 Å². The maximum atomic E-state index is 12.6.